The lowest BCUT2D eigenvalue weighted by Crippen LogP contribution is -2.09. The Hall–Kier alpha value is -2.30. The summed E-state index contributed by atoms with van der Waals surface area (Å²) in [6, 6.07) is 11.5. The van der Waals surface area contributed by atoms with Crippen LogP contribution in [0.2, 0.25) is 0 Å². The van der Waals surface area contributed by atoms with E-state index >= 15 is 0 Å². The molecule has 0 amide bonds. The molecule has 158 valence electrons. The van der Waals surface area contributed by atoms with Crippen LogP contribution in [0, 0.1) is 33.1 Å². The first-order valence-electron chi connectivity index (χ1n) is 10.8. The second-order valence-corrected chi connectivity index (χ2v) is 12.3. The second-order valence-electron chi connectivity index (χ2n) is 10.0. The summed E-state index contributed by atoms with van der Waals surface area (Å²) < 4.78 is 3.96. The maximum atomic E-state index is 4.65. The zero-order valence-corrected chi connectivity index (χ0v) is 20.9. The third-order valence-corrected chi connectivity index (χ3v) is 8.15. The number of aryl methyl sites for hydroxylation is 4. The molecule has 5 rings (SSSR count). The van der Waals surface area contributed by atoms with Gasteiger partial charge < -0.3 is 0 Å². The monoisotopic (exact) mass is 444 g/mol. The number of nitrogens with zero attached hydrogens (tertiary/aromatic N) is 2. The molecule has 0 saturated carbocycles. The summed E-state index contributed by atoms with van der Waals surface area (Å²) in [5.41, 5.74) is 7.47. The Bertz CT molecular complexity index is 1460. The maximum absolute atomic E-state index is 4.65. The van der Waals surface area contributed by atoms with Gasteiger partial charge in [-0.2, -0.15) is 5.10 Å². The van der Waals surface area contributed by atoms with Crippen molar-refractivity contribution in [3.05, 3.63) is 57.6 Å². The minimum atomic E-state index is 0.272. The molecule has 0 fully saturated rings. The van der Waals surface area contributed by atoms with Crippen LogP contribution in [0.3, 0.4) is 0 Å². The quantitative estimate of drug-likeness (QED) is 0.272. The minimum absolute atomic E-state index is 0.272. The largest absolute Gasteiger partial charge is 0.155 e. The highest BCUT2D eigenvalue weighted by atomic mass is 32.1. The first-order chi connectivity index (χ1) is 14.6. The van der Waals surface area contributed by atoms with Crippen LogP contribution in [0.5, 0.6) is 0 Å². The Morgan fingerprint density at radius 3 is 2.10 bits per heavy atom. The van der Waals surface area contributed by atoms with Crippen LogP contribution in [0.4, 0.5) is 0 Å². The van der Waals surface area contributed by atoms with Gasteiger partial charge in [0.2, 0.25) is 0 Å². The van der Waals surface area contributed by atoms with Gasteiger partial charge in [0.15, 0.2) is 0 Å². The van der Waals surface area contributed by atoms with Crippen LogP contribution >= 0.6 is 22.7 Å². The van der Waals surface area contributed by atoms with E-state index in [0.29, 0.717) is 0 Å². The number of aromatic nitrogens is 2. The summed E-state index contributed by atoms with van der Waals surface area (Å²) in [5.74, 6) is 0. The molecule has 0 unspecified atom stereocenters. The molecule has 0 N–H and O–H groups in total. The highest BCUT2D eigenvalue weighted by Crippen LogP contribution is 2.44. The van der Waals surface area contributed by atoms with Gasteiger partial charge in [0.25, 0.3) is 0 Å². The summed E-state index contributed by atoms with van der Waals surface area (Å²) >= 11 is 3.79. The molecule has 0 saturated heterocycles. The molecule has 2 aromatic carbocycles. The van der Waals surface area contributed by atoms with Crippen molar-refractivity contribution in [2.75, 3.05) is 0 Å². The van der Waals surface area contributed by atoms with Crippen LogP contribution in [-0.2, 0) is 6.42 Å². The van der Waals surface area contributed by atoms with E-state index in [-0.39, 0.29) is 5.41 Å². The van der Waals surface area contributed by atoms with E-state index in [1.807, 2.05) is 22.7 Å². The fraction of sp³-hybridized carbons (Fsp3) is 0.333. The van der Waals surface area contributed by atoms with E-state index in [1.165, 1.54) is 51.8 Å². The molecule has 31 heavy (non-hydrogen) atoms. The fourth-order valence-electron chi connectivity index (χ4n) is 4.66. The average molecular weight is 445 g/mol. The van der Waals surface area contributed by atoms with Gasteiger partial charge in [0.05, 0.1) is 10.4 Å². The highest BCUT2D eigenvalue weighted by Gasteiger charge is 2.20. The van der Waals surface area contributed by atoms with E-state index in [4.69, 9.17) is 0 Å². The van der Waals surface area contributed by atoms with Gasteiger partial charge in [0.1, 0.15) is 5.69 Å². The number of hydrogen-bond acceptors (Lipinski definition) is 4. The minimum Gasteiger partial charge on any atom is -0.155 e. The molecule has 0 aliphatic heterocycles. The van der Waals surface area contributed by atoms with Crippen molar-refractivity contribution >= 4 is 52.9 Å². The number of hydrogen-bond donors (Lipinski definition) is 0. The van der Waals surface area contributed by atoms with Crippen molar-refractivity contribution < 1.29 is 0 Å². The molecule has 0 aliphatic carbocycles. The van der Waals surface area contributed by atoms with Crippen LogP contribution < -0.4 is 0 Å². The lowest BCUT2D eigenvalue weighted by Gasteiger charge is -2.18. The second kappa shape index (κ2) is 7.11. The molecule has 3 aromatic heterocycles. The van der Waals surface area contributed by atoms with Gasteiger partial charge in [-0.25, -0.2) is 0 Å². The highest BCUT2D eigenvalue weighted by molar-refractivity contribution is 7.26. The Morgan fingerprint density at radius 2 is 1.42 bits per heavy atom. The van der Waals surface area contributed by atoms with Gasteiger partial charge in [-0.3, -0.25) is 0 Å². The zero-order chi connectivity index (χ0) is 22.1. The molecule has 0 bridgehead atoms. The summed E-state index contributed by atoms with van der Waals surface area (Å²) in [6.45, 7) is 15.6. The summed E-state index contributed by atoms with van der Waals surface area (Å²) in [4.78, 5) is 1.44. The smallest absolute Gasteiger partial charge is 0.111 e. The van der Waals surface area contributed by atoms with E-state index < -0.39 is 0 Å². The number of rotatable bonds is 2. The van der Waals surface area contributed by atoms with E-state index in [2.05, 4.69) is 89.0 Å². The number of fused-ring (bicyclic) bond motifs is 4. The molecule has 0 atom stereocenters. The Labute approximate surface area is 192 Å². The normalized spacial score (nSPS) is 12.5. The number of thiophene rings is 2. The standard InChI is InChI=1S/C27H28N2S2/c1-14-8-15(2)10-18(9-14)25-26-24(16(3)28-29-25)20-12-22-19(11-23(20)31-26)21(17(4)30-22)13-27(5,6)7/h8-12H,13H2,1-7H3. The van der Waals surface area contributed by atoms with E-state index in [1.54, 1.807) is 0 Å². The van der Waals surface area contributed by atoms with Gasteiger partial charge in [-0.15, -0.1) is 27.8 Å². The Kier molecular flexibility index (Phi) is 4.72. The molecule has 0 radical (unpaired) electrons. The average Bonchev–Trinajstić information content (AvgIpc) is 3.16. The topological polar surface area (TPSA) is 25.8 Å². The molecule has 0 aliphatic rings. The Morgan fingerprint density at radius 1 is 0.774 bits per heavy atom. The van der Waals surface area contributed by atoms with Crippen LogP contribution in [-0.4, -0.2) is 10.2 Å². The third kappa shape index (κ3) is 3.56. The molecule has 0 spiro atoms. The van der Waals surface area contributed by atoms with Crippen molar-refractivity contribution in [1.29, 1.82) is 0 Å². The van der Waals surface area contributed by atoms with Crippen LogP contribution in [0.1, 0.15) is 48.0 Å². The van der Waals surface area contributed by atoms with E-state index in [0.717, 1.165) is 23.4 Å². The molecule has 5 aromatic rings. The van der Waals surface area contributed by atoms with Crippen LogP contribution in [0.15, 0.2) is 30.3 Å². The maximum Gasteiger partial charge on any atom is 0.111 e. The van der Waals surface area contributed by atoms with Gasteiger partial charge in [-0.1, -0.05) is 38.0 Å². The number of benzene rings is 2. The lowest BCUT2D eigenvalue weighted by molar-refractivity contribution is 0.412. The summed E-state index contributed by atoms with van der Waals surface area (Å²) in [7, 11) is 0. The summed E-state index contributed by atoms with van der Waals surface area (Å²) in [6.07, 6.45) is 1.10. The molecule has 3 heterocycles. The third-order valence-electron chi connectivity index (χ3n) is 5.88. The molecular formula is C27H28N2S2. The predicted molar refractivity (Wildman–Crippen MR) is 138 cm³/mol. The van der Waals surface area contributed by atoms with E-state index in [9.17, 15) is 0 Å². The predicted octanol–water partition coefficient (Wildman–Crippen LogP) is 8.55. The van der Waals surface area contributed by atoms with Crippen molar-refractivity contribution in [2.45, 2.75) is 54.9 Å². The SMILES string of the molecule is Cc1cc(C)cc(-c2nnc(C)c3c2sc2cc4c(CC(C)(C)C)c(C)sc4cc23)c1. The van der Waals surface area contributed by atoms with Crippen molar-refractivity contribution in [3.8, 4) is 11.3 Å². The van der Waals surface area contributed by atoms with Gasteiger partial charge in [-0.05, 0) is 74.7 Å². The van der Waals surface area contributed by atoms with Gasteiger partial charge in [0, 0.05) is 30.6 Å². The molecular weight excluding hydrogens is 416 g/mol. The van der Waals surface area contributed by atoms with Crippen molar-refractivity contribution in [3.63, 3.8) is 0 Å². The van der Waals surface area contributed by atoms with Crippen LogP contribution in [0.25, 0.3) is 41.5 Å². The molecule has 2 nitrogen and oxygen atoms in total. The molecule has 4 heteroatoms. The fourth-order valence-corrected chi connectivity index (χ4v) is 7.04. The van der Waals surface area contributed by atoms with Crippen molar-refractivity contribution in [1.82, 2.24) is 10.2 Å². The lowest BCUT2D eigenvalue weighted by atomic mass is 9.87. The van der Waals surface area contributed by atoms with Crippen molar-refractivity contribution in [2.24, 2.45) is 5.41 Å². The van der Waals surface area contributed by atoms with Gasteiger partial charge >= 0.3 is 0 Å². The summed E-state index contributed by atoms with van der Waals surface area (Å²) in [5, 5.41) is 13.2. The zero-order valence-electron chi connectivity index (χ0n) is 19.3. The first kappa shape index (κ1) is 20.6. The first-order valence-corrected chi connectivity index (χ1v) is 12.4. The Balaban J connectivity index is 1.82.